The molecular formula is C16H22OS. The van der Waals surface area contributed by atoms with E-state index in [0.29, 0.717) is 5.78 Å². The summed E-state index contributed by atoms with van der Waals surface area (Å²) in [6.07, 6.45) is 9.30. The highest BCUT2D eigenvalue weighted by atomic mass is 32.1. The van der Waals surface area contributed by atoms with Crippen LogP contribution in [0.4, 0.5) is 0 Å². The van der Waals surface area contributed by atoms with Crippen molar-refractivity contribution in [1.82, 2.24) is 0 Å². The fourth-order valence-corrected chi connectivity index (χ4v) is 4.94. The highest BCUT2D eigenvalue weighted by molar-refractivity contribution is 7.10. The van der Waals surface area contributed by atoms with Crippen molar-refractivity contribution in [2.24, 2.45) is 5.41 Å². The predicted octanol–water partition coefficient (Wildman–Crippen LogP) is 4.71. The number of hydrogen-bond acceptors (Lipinski definition) is 2. The third kappa shape index (κ3) is 1.85. The fraction of sp³-hybridized carbons (Fsp3) is 0.688. The third-order valence-electron chi connectivity index (χ3n) is 5.13. The minimum Gasteiger partial charge on any atom is -0.298 e. The van der Waals surface area contributed by atoms with Crippen LogP contribution < -0.4 is 0 Å². The Morgan fingerprint density at radius 1 is 1.39 bits per heavy atom. The zero-order valence-electron chi connectivity index (χ0n) is 11.2. The summed E-state index contributed by atoms with van der Waals surface area (Å²) in [5.74, 6) is 0.792. The van der Waals surface area contributed by atoms with E-state index in [1.807, 2.05) is 11.3 Å². The van der Waals surface area contributed by atoms with Crippen molar-refractivity contribution in [2.45, 2.75) is 64.2 Å². The maximum Gasteiger partial charge on any atom is 0.146 e. The van der Waals surface area contributed by atoms with Crippen molar-refractivity contribution in [3.8, 4) is 0 Å². The minimum atomic E-state index is 0.0290. The van der Waals surface area contributed by atoms with Gasteiger partial charge in [-0.15, -0.1) is 11.3 Å². The monoisotopic (exact) mass is 262 g/mol. The quantitative estimate of drug-likeness (QED) is 0.771. The Bertz CT molecular complexity index is 440. The summed E-state index contributed by atoms with van der Waals surface area (Å²) >= 11 is 1.84. The first-order chi connectivity index (χ1) is 8.77. The molecular weight excluding hydrogens is 240 g/mol. The Morgan fingerprint density at radius 3 is 2.89 bits per heavy atom. The summed E-state index contributed by atoms with van der Waals surface area (Å²) in [7, 11) is 0. The minimum absolute atomic E-state index is 0.0290. The van der Waals surface area contributed by atoms with E-state index in [2.05, 4.69) is 18.4 Å². The zero-order chi connectivity index (χ0) is 12.6. The van der Waals surface area contributed by atoms with Gasteiger partial charge in [0, 0.05) is 16.2 Å². The van der Waals surface area contributed by atoms with Crippen molar-refractivity contribution in [1.29, 1.82) is 0 Å². The highest BCUT2D eigenvalue weighted by Gasteiger charge is 2.43. The van der Waals surface area contributed by atoms with Crippen LogP contribution in [0.1, 0.15) is 68.2 Å². The first-order valence-corrected chi connectivity index (χ1v) is 8.25. The number of fused-ring (bicyclic) bond motifs is 1. The topological polar surface area (TPSA) is 17.1 Å². The molecule has 1 atom stereocenters. The molecule has 2 aliphatic rings. The van der Waals surface area contributed by atoms with E-state index < -0.39 is 0 Å². The molecule has 1 nitrogen and oxygen atoms in total. The van der Waals surface area contributed by atoms with E-state index in [-0.39, 0.29) is 11.3 Å². The highest BCUT2D eigenvalue weighted by Crippen LogP contribution is 2.48. The molecule has 0 radical (unpaired) electrons. The van der Waals surface area contributed by atoms with Crippen LogP contribution in [0.5, 0.6) is 0 Å². The fourth-order valence-electron chi connectivity index (χ4n) is 3.95. The maximum absolute atomic E-state index is 13.0. The summed E-state index contributed by atoms with van der Waals surface area (Å²) < 4.78 is 0. The molecule has 0 N–H and O–H groups in total. The molecule has 2 aliphatic carbocycles. The molecule has 0 amide bonds. The Labute approximate surface area is 114 Å². The van der Waals surface area contributed by atoms with Gasteiger partial charge in [-0.05, 0) is 55.5 Å². The number of ketones is 1. The SMILES string of the molecule is CCC1(C(=O)C2CCCc3sccc32)CCCC1. The number of aryl methyl sites for hydroxylation is 1. The summed E-state index contributed by atoms with van der Waals surface area (Å²) in [5.41, 5.74) is 1.40. The number of rotatable bonds is 3. The van der Waals surface area contributed by atoms with Gasteiger partial charge in [0.05, 0.1) is 0 Å². The Balaban J connectivity index is 1.90. The number of Topliss-reactive ketones (excluding diaryl/α,β-unsaturated/α-hetero) is 1. The summed E-state index contributed by atoms with van der Waals surface area (Å²) in [5, 5.41) is 2.17. The van der Waals surface area contributed by atoms with Gasteiger partial charge in [-0.3, -0.25) is 4.79 Å². The van der Waals surface area contributed by atoms with Gasteiger partial charge in [0.2, 0.25) is 0 Å². The van der Waals surface area contributed by atoms with Crippen molar-refractivity contribution in [3.05, 3.63) is 21.9 Å². The van der Waals surface area contributed by atoms with Crippen molar-refractivity contribution in [2.75, 3.05) is 0 Å². The standard InChI is InChI=1S/C16H22OS/c1-2-16(9-3-4-10-16)15(17)13-6-5-7-14-12(13)8-11-18-14/h8,11,13H,2-7,9-10H2,1H3. The van der Waals surface area contributed by atoms with E-state index in [4.69, 9.17) is 0 Å². The molecule has 1 heterocycles. The lowest BCUT2D eigenvalue weighted by Crippen LogP contribution is -2.33. The van der Waals surface area contributed by atoms with Gasteiger partial charge in [-0.1, -0.05) is 19.8 Å². The van der Waals surface area contributed by atoms with Gasteiger partial charge < -0.3 is 0 Å². The molecule has 98 valence electrons. The van der Waals surface area contributed by atoms with E-state index in [9.17, 15) is 4.79 Å². The van der Waals surface area contributed by atoms with Crippen LogP contribution in [-0.2, 0) is 11.2 Å². The second-order valence-electron chi connectivity index (χ2n) is 5.95. The molecule has 0 bridgehead atoms. The molecule has 0 saturated heterocycles. The number of hydrogen-bond donors (Lipinski definition) is 0. The number of carbonyl (C=O) groups is 1. The Morgan fingerprint density at radius 2 is 2.17 bits per heavy atom. The average molecular weight is 262 g/mol. The third-order valence-corrected chi connectivity index (χ3v) is 6.13. The normalized spacial score (nSPS) is 25.9. The van der Waals surface area contributed by atoms with Crippen molar-refractivity contribution in [3.63, 3.8) is 0 Å². The van der Waals surface area contributed by atoms with E-state index in [0.717, 1.165) is 25.7 Å². The maximum atomic E-state index is 13.0. The van der Waals surface area contributed by atoms with Gasteiger partial charge in [0.25, 0.3) is 0 Å². The van der Waals surface area contributed by atoms with Crippen LogP contribution in [0, 0.1) is 5.41 Å². The molecule has 0 aliphatic heterocycles. The first-order valence-electron chi connectivity index (χ1n) is 7.37. The van der Waals surface area contributed by atoms with Gasteiger partial charge in [0.1, 0.15) is 5.78 Å². The smallest absolute Gasteiger partial charge is 0.146 e. The second kappa shape index (κ2) is 4.80. The molecule has 1 unspecified atom stereocenters. The van der Waals surface area contributed by atoms with Crippen molar-refractivity contribution >= 4 is 17.1 Å². The largest absolute Gasteiger partial charge is 0.298 e. The van der Waals surface area contributed by atoms with Crippen molar-refractivity contribution < 1.29 is 4.79 Å². The van der Waals surface area contributed by atoms with E-state index in [1.165, 1.54) is 36.1 Å². The summed E-state index contributed by atoms with van der Waals surface area (Å²) in [6, 6.07) is 2.21. The summed E-state index contributed by atoms with van der Waals surface area (Å²) in [6.45, 7) is 2.21. The lowest BCUT2D eigenvalue weighted by Gasteiger charge is -2.32. The lowest BCUT2D eigenvalue weighted by atomic mass is 9.70. The predicted molar refractivity (Wildman–Crippen MR) is 76.2 cm³/mol. The second-order valence-corrected chi connectivity index (χ2v) is 6.95. The van der Waals surface area contributed by atoms with Gasteiger partial charge >= 0.3 is 0 Å². The van der Waals surface area contributed by atoms with Crippen LogP contribution in [0.3, 0.4) is 0 Å². The van der Waals surface area contributed by atoms with Gasteiger partial charge in [0.15, 0.2) is 0 Å². The molecule has 2 heteroatoms. The molecule has 1 aromatic heterocycles. The molecule has 3 rings (SSSR count). The molecule has 1 saturated carbocycles. The summed E-state index contributed by atoms with van der Waals surface area (Å²) in [4.78, 5) is 14.5. The molecule has 0 spiro atoms. The molecule has 0 aromatic carbocycles. The van der Waals surface area contributed by atoms with E-state index in [1.54, 1.807) is 0 Å². The van der Waals surface area contributed by atoms with Crippen LogP contribution in [0.2, 0.25) is 0 Å². The van der Waals surface area contributed by atoms with Crippen LogP contribution in [-0.4, -0.2) is 5.78 Å². The van der Waals surface area contributed by atoms with Crippen LogP contribution >= 0.6 is 11.3 Å². The van der Waals surface area contributed by atoms with Gasteiger partial charge in [-0.25, -0.2) is 0 Å². The van der Waals surface area contributed by atoms with E-state index >= 15 is 0 Å². The van der Waals surface area contributed by atoms with Crippen LogP contribution in [0.25, 0.3) is 0 Å². The zero-order valence-corrected chi connectivity index (χ0v) is 12.0. The number of carbonyl (C=O) groups excluding carboxylic acids is 1. The Kier molecular flexibility index (Phi) is 3.31. The number of thiophene rings is 1. The molecule has 1 aromatic rings. The van der Waals surface area contributed by atoms with Gasteiger partial charge in [-0.2, -0.15) is 0 Å². The van der Waals surface area contributed by atoms with Crippen LogP contribution in [0.15, 0.2) is 11.4 Å². The Hall–Kier alpha value is -0.630. The molecule has 18 heavy (non-hydrogen) atoms. The lowest BCUT2D eigenvalue weighted by molar-refractivity contribution is -0.130. The average Bonchev–Trinajstić information content (AvgIpc) is 3.06. The first kappa shape index (κ1) is 12.4. The molecule has 1 fully saturated rings.